The van der Waals surface area contributed by atoms with Gasteiger partial charge in [-0.2, -0.15) is 5.26 Å². The van der Waals surface area contributed by atoms with Crippen molar-refractivity contribution in [2.75, 3.05) is 6.26 Å². The summed E-state index contributed by atoms with van der Waals surface area (Å²) in [5, 5.41) is 9.43. The first-order chi connectivity index (χ1) is 9.06. The van der Waals surface area contributed by atoms with Crippen LogP contribution in [0.5, 0.6) is 0 Å². The van der Waals surface area contributed by atoms with Crippen molar-refractivity contribution in [1.82, 2.24) is 9.97 Å². The minimum absolute atomic E-state index is 0.135. The molecule has 0 atom stereocenters. The van der Waals surface area contributed by atoms with E-state index in [9.17, 15) is 9.18 Å². The fourth-order valence-corrected chi connectivity index (χ4v) is 2.34. The summed E-state index contributed by atoms with van der Waals surface area (Å²) >= 11 is 4.50. The van der Waals surface area contributed by atoms with E-state index in [1.165, 1.54) is 30.0 Å². The molecular formula is C12H7BrFN3OS. The smallest absolute Gasteiger partial charge is 0.270 e. The van der Waals surface area contributed by atoms with Gasteiger partial charge in [-0.15, -0.1) is 0 Å². The first-order valence-corrected chi connectivity index (χ1v) is 7.12. The molecule has 7 heteroatoms. The van der Waals surface area contributed by atoms with Crippen molar-refractivity contribution >= 4 is 27.7 Å². The Kier molecular flexibility index (Phi) is 4.02. The zero-order valence-electron chi connectivity index (χ0n) is 9.70. The Morgan fingerprint density at radius 1 is 1.53 bits per heavy atom. The van der Waals surface area contributed by atoms with E-state index in [2.05, 4.69) is 25.9 Å². The van der Waals surface area contributed by atoms with Crippen LogP contribution in [0.3, 0.4) is 0 Å². The lowest BCUT2D eigenvalue weighted by Gasteiger charge is -2.07. The largest absolute Gasteiger partial charge is 0.300 e. The van der Waals surface area contributed by atoms with Gasteiger partial charge in [0.15, 0.2) is 5.16 Å². The molecule has 2 rings (SSSR count). The molecule has 1 aromatic carbocycles. The van der Waals surface area contributed by atoms with Gasteiger partial charge in [-0.25, -0.2) is 9.37 Å². The molecule has 0 aliphatic rings. The fraction of sp³-hybridized carbons (Fsp3) is 0.0833. The molecule has 4 nitrogen and oxygen atoms in total. The summed E-state index contributed by atoms with van der Waals surface area (Å²) in [5.74, 6) is -0.463. The number of nitrogens with zero attached hydrogens (tertiary/aromatic N) is 2. The summed E-state index contributed by atoms with van der Waals surface area (Å²) in [7, 11) is 0. The van der Waals surface area contributed by atoms with E-state index in [0.29, 0.717) is 15.2 Å². The second kappa shape index (κ2) is 5.55. The Labute approximate surface area is 120 Å². The molecule has 2 aromatic rings. The zero-order chi connectivity index (χ0) is 14.0. The Bertz CT molecular complexity index is 739. The molecule has 0 aliphatic heterocycles. The molecular weight excluding hydrogens is 333 g/mol. The predicted molar refractivity (Wildman–Crippen MR) is 74.4 cm³/mol. The number of nitriles is 1. The maximum atomic E-state index is 13.3. The molecule has 0 amide bonds. The van der Waals surface area contributed by atoms with Crippen LogP contribution in [0.2, 0.25) is 0 Å². The van der Waals surface area contributed by atoms with Gasteiger partial charge in [-0.3, -0.25) is 4.79 Å². The standard InChI is InChI=1S/C12H7BrFN3OS/c1-19-12-16-10(8(5-15)11(18)17-12)7-4-6(14)2-3-9(7)13/h2-4H,1H3,(H,16,17,18). The quantitative estimate of drug-likeness (QED) is 0.674. The van der Waals surface area contributed by atoms with Crippen LogP contribution in [0.25, 0.3) is 11.3 Å². The van der Waals surface area contributed by atoms with Crippen LogP contribution >= 0.6 is 27.7 Å². The molecule has 1 N–H and O–H groups in total. The Balaban J connectivity index is 2.81. The average molecular weight is 340 g/mol. The van der Waals surface area contributed by atoms with E-state index in [-0.39, 0.29) is 11.3 Å². The van der Waals surface area contributed by atoms with Crippen molar-refractivity contribution in [3.8, 4) is 17.3 Å². The van der Waals surface area contributed by atoms with E-state index < -0.39 is 11.4 Å². The van der Waals surface area contributed by atoms with Crippen molar-refractivity contribution in [3.63, 3.8) is 0 Å². The topological polar surface area (TPSA) is 69.5 Å². The summed E-state index contributed by atoms with van der Waals surface area (Å²) in [6.45, 7) is 0. The normalized spacial score (nSPS) is 10.2. The second-order valence-electron chi connectivity index (χ2n) is 3.53. The van der Waals surface area contributed by atoms with Gasteiger partial charge in [-0.05, 0) is 24.5 Å². The van der Waals surface area contributed by atoms with Crippen LogP contribution in [0, 0.1) is 17.1 Å². The molecule has 0 bridgehead atoms. The van der Waals surface area contributed by atoms with E-state index in [1.807, 2.05) is 0 Å². The average Bonchev–Trinajstić information content (AvgIpc) is 2.40. The lowest BCUT2D eigenvalue weighted by Crippen LogP contribution is -2.14. The molecule has 0 saturated heterocycles. The third-order valence-electron chi connectivity index (χ3n) is 2.39. The molecule has 1 heterocycles. The van der Waals surface area contributed by atoms with Gasteiger partial charge in [0, 0.05) is 10.0 Å². The lowest BCUT2D eigenvalue weighted by atomic mass is 10.1. The SMILES string of the molecule is CSc1nc(-c2cc(F)ccc2Br)c(C#N)c(=O)[nH]1. The summed E-state index contributed by atoms with van der Waals surface area (Å²) < 4.78 is 13.9. The van der Waals surface area contributed by atoms with Crippen molar-refractivity contribution in [2.24, 2.45) is 0 Å². The van der Waals surface area contributed by atoms with E-state index in [1.54, 1.807) is 12.3 Å². The van der Waals surface area contributed by atoms with Crippen LogP contribution < -0.4 is 5.56 Å². The van der Waals surface area contributed by atoms with Crippen LogP contribution in [-0.4, -0.2) is 16.2 Å². The highest BCUT2D eigenvalue weighted by Gasteiger charge is 2.16. The van der Waals surface area contributed by atoms with Gasteiger partial charge in [-0.1, -0.05) is 27.7 Å². The van der Waals surface area contributed by atoms with Crippen LogP contribution in [0.4, 0.5) is 4.39 Å². The highest BCUT2D eigenvalue weighted by atomic mass is 79.9. The van der Waals surface area contributed by atoms with Gasteiger partial charge in [0.05, 0.1) is 5.69 Å². The van der Waals surface area contributed by atoms with Gasteiger partial charge >= 0.3 is 0 Å². The first-order valence-electron chi connectivity index (χ1n) is 5.10. The third-order valence-corrected chi connectivity index (χ3v) is 3.66. The predicted octanol–water partition coefficient (Wildman–Crippen LogP) is 2.93. The monoisotopic (exact) mass is 339 g/mol. The van der Waals surface area contributed by atoms with Crippen LogP contribution in [0.15, 0.2) is 32.6 Å². The molecule has 0 radical (unpaired) electrons. The number of benzene rings is 1. The highest BCUT2D eigenvalue weighted by molar-refractivity contribution is 9.10. The minimum Gasteiger partial charge on any atom is -0.300 e. The van der Waals surface area contributed by atoms with E-state index >= 15 is 0 Å². The maximum Gasteiger partial charge on any atom is 0.270 e. The number of nitrogens with one attached hydrogen (secondary N) is 1. The Hall–Kier alpha value is -1.65. The molecule has 0 saturated carbocycles. The number of thioether (sulfide) groups is 1. The number of rotatable bonds is 2. The van der Waals surface area contributed by atoms with Gasteiger partial charge in [0.25, 0.3) is 5.56 Å². The van der Waals surface area contributed by atoms with Crippen molar-refractivity contribution in [1.29, 1.82) is 5.26 Å². The van der Waals surface area contributed by atoms with Crippen molar-refractivity contribution in [2.45, 2.75) is 5.16 Å². The first kappa shape index (κ1) is 13.8. The molecule has 0 unspecified atom stereocenters. The minimum atomic E-state index is -0.534. The number of hydrogen-bond acceptors (Lipinski definition) is 4. The molecule has 1 aromatic heterocycles. The number of H-pyrrole nitrogens is 1. The maximum absolute atomic E-state index is 13.3. The molecule has 0 aliphatic carbocycles. The fourth-order valence-electron chi connectivity index (χ4n) is 1.53. The Morgan fingerprint density at radius 3 is 2.89 bits per heavy atom. The number of halogens is 2. The Morgan fingerprint density at radius 2 is 2.26 bits per heavy atom. The number of hydrogen-bond donors (Lipinski definition) is 1. The highest BCUT2D eigenvalue weighted by Crippen LogP contribution is 2.29. The van der Waals surface area contributed by atoms with Crippen molar-refractivity contribution in [3.05, 3.63) is 44.4 Å². The third kappa shape index (κ3) is 2.69. The summed E-state index contributed by atoms with van der Waals surface area (Å²) in [6, 6.07) is 5.82. The molecule has 96 valence electrons. The van der Waals surface area contributed by atoms with Gasteiger partial charge in [0.2, 0.25) is 0 Å². The van der Waals surface area contributed by atoms with Gasteiger partial charge < -0.3 is 4.98 Å². The van der Waals surface area contributed by atoms with Crippen LogP contribution in [-0.2, 0) is 0 Å². The van der Waals surface area contributed by atoms with Crippen molar-refractivity contribution < 1.29 is 4.39 Å². The molecule has 19 heavy (non-hydrogen) atoms. The molecule has 0 spiro atoms. The lowest BCUT2D eigenvalue weighted by molar-refractivity contribution is 0.628. The number of aromatic amines is 1. The zero-order valence-corrected chi connectivity index (χ0v) is 12.1. The summed E-state index contributed by atoms with van der Waals surface area (Å²) in [4.78, 5) is 18.4. The summed E-state index contributed by atoms with van der Waals surface area (Å²) in [5.41, 5.74) is -0.128. The number of aromatic nitrogens is 2. The van der Waals surface area contributed by atoms with Crippen LogP contribution in [0.1, 0.15) is 5.56 Å². The van der Waals surface area contributed by atoms with E-state index in [4.69, 9.17) is 5.26 Å². The van der Waals surface area contributed by atoms with E-state index in [0.717, 1.165) is 0 Å². The molecule has 0 fully saturated rings. The second-order valence-corrected chi connectivity index (χ2v) is 5.18. The van der Waals surface area contributed by atoms with Gasteiger partial charge in [0.1, 0.15) is 17.4 Å². The summed E-state index contributed by atoms with van der Waals surface area (Å²) in [6.07, 6.45) is 1.74.